The molecule has 1 unspecified atom stereocenters. The summed E-state index contributed by atoms with van der Waals surface area (Å²) in [7, 11) is 0. The molecule has 0 aliphatic carbocycles. The summed E-state index contributed by atoms with van der Waals surface area (Å²) in [6.45, 7) is 0.821. The molecule has 0 aromatic heterocycles. The average Bonchev–Trinajstić information content (AvgIpc) is 2.72. The largest absolute Gasteiger partial charge is 0.504 e. The fraction of sp³-hybridized carbons (Fsp3) is 0.174. The van der Waals surface area contributed by atoms with E-state index in [2.05, 4.69) is 67.9 Å². The van der Waals surface area contributed by atoms with Crippen LogP contribution in [-0.4, -0.2) is 22.7 Å². The number of phenols is 2. The zero-order chi connectivity index (χ0) is 21.3. The molecule has 3 aromatic carbocycles. The van der Waals surface area contributed by atoms with E-state index < -0.39 is 0 Å². The van der Waals surface area contributed by atoms with E-state index in [0.29, 0.717) is 5.56 Å². The molecule has 0 spiro atoms. The van der Waals surface area contributed by atoms with E-state index in [-0.39, 0.29) is 23.4 Å². The van der Waals surface area contributed by atoms with Gasteiger partial charge in [0.05, 0.1) is 5.69 Å². The first-order valence-electron chi connectivity index (χ1n) is 9.55. The first-order valence-corrected chi connectivity index (χ1v) is 11.7. The quantitative estimate of drug-likeness (QED) is 0.243. The van der Waals surface area contributed by atoms with E-state index in [1.807, 2.05) is 18.2 Å². The van der Waals surface area contributed by atoms with Crippen molar-refractivity contribution in [2.45, 2.75) is 18.9 Å². The summed E-state index contributed by atoms with van der Waals surface area (Å²) < 4.78 is 1.95. The lowest BCUT2D eigenvalue weighted by Crippen LogP contribution is -2.31. The van der Waals surface area contributed by atoms with Crippen molar-refractivity contribution in [2.75, 3.05) is 11.9 Å². The maximum Gasteiger partial charge on any atom is 0.255 e. The number of fused-ring (bicyclic) bond motifs is 1. The number of amides is 1. The third kappa shape index (κ3) is 4.57. The van der Waals surface area contributed by atoms with Crippen molar-refractivity contribution in [3.05, 3.63) is 84.0 Å². The van der Waals surface area contributed by atoms with E-state index >= 15 is 0 Å². The maximum absolute atomic E-state index is 12.5. The van der Waals surface area contributed by atoms with Crippen LogP contribution >= 0.6 is 45.2 Å². The second kappa shape index (κ2) is 9.11. The zero-order valence-electron chi connectivity index (χ0n) is 16.0. The first kappa shape index (κ1) is 21.4. The van der Waals surface area contributed by atoms with Crippen LogP contribution in [0.3, 0.4) is 0 Å². The molecule has 0 fully saturated rings. The molecule has 3 aromatic rings. The summed E-state index contributed by atoms with van der Waals surface area (Å²) in [4.78, 5) is 12.5. The Morgan fingerprint density at radius 1 is 1.03 bits per heavy atom. The van der Waals surface area contributed by atoms with Crippen LogP contribution in [0, 0.1) is 7.14 Å². The Morgan fingerprint density at radius 3 is 2.40 bits per heavy atom. The highest BCUT2D eigenvalue weighted by atomic mass is 127. The van der Waals surface area contributed by atoms with Crippen molar-refractivity contribution in [2.24, 2.45) is 0 Å². The van der Waals surface area contributed by atoms with Gasteiger partial charge in [-0.05, 0) is 118 Å². The molecule has 1 heterocycles. The van der Waals surface area contributed by atoms with Crippen LogP contribution in [0.1, 0.15) is 33.1 Å². The number of aromatic hydroxyl groups is 2. The van der Waals surface area contributed by atoms with Gasteiger partial charge in [-0.25, -0.2) is 0 Å². The second-order valence-corrected chi connectivity index (χ2v) is 9.58. The molecule has 7 heteroatoms. The van der Waals surface area contributed by atoms with E-state index in [4.69, 9.17) is 0 Å². The number of phenolic OH excluding ortho intramolecular Hbond substituents is 2. The third-order valence-corrected chi connectivity index (χ3v) is 6.91. The molecule has 154 valence electrons. The Kier molecular flexibility index (Phi) is 6.49. The van der Waals surface area contributed by atoms with Crippen LogP contribution in [0.15, 0.2) is 54.6 Å². The van der Waals surface area contributed by atoms with Crippen LogP contribution in [-0.2, 0) is 12.8 Å². The van der Waals surface area contributed by atoms with Crippen molar-refractivity contribution < 1.29 is 15.0 Å². The van der Waals surface area contributed by atoms with Crippen LogP contribution in [0.2, 0.25) is 0 Å². The third-order valence-electron chi connectivity index (χ3n) is 5.21. The van der Waals surface area contributed by atoms with Gasteiger partial charge in [0.25, 0.3) is 5.91 Å². The van der Waals surface area contributed by atoms with E-state index in [1.54, 1.807) is 24.3 Å². The van der Waals surface area contributed by atoms with Crippen molar-refractivity contribution >= 4 is 56.8 Å². The molecular formula is C23H20I2N2O3. The van der Waals surface area contributed by atoms with Gasteiger partial charge in [-0.1, -0.05) is 18.2 Å². The summed E-state index contributed by atoms with van der Waals surface area (Å²) in [5.74, 6) is -0.292. The molecule has 4 N–H and O–H groups in total. The van der Waals surface area contributed by atoms with Gasteiger partial charge in [0.2, 0.25) is 0 Å². The second-order valence-electron chi connectivity index (χ2n) is 7.26. The maximum atomic E-state index is 12.5. The number of rotatable bonds is 4. The molecule has 0 saturated carbocycles. The molecule has 4 rings (SSSR count). The van der Waals surface area contributed by atoms with Crippen molar-refractivity contribution in [3.8, 4) is 11.5 Å². The van der Waals surface area contributed by atoms with E-state index in [1.165, 1.54) is 0 Å². The Hall–Kier alpha value is -1.85. The minimum atomic E-state index is -0.127. The van der Waals surface area contributed by atoms with Gasteiger partial charge in [0.1, 0.15) is 0 Å². The van der Waals surface area contributed by atoms with Gasteiger partial charge in [0, 0.05) is 18.7 Å². The summed E-state index contributed by atoms with van der Waals surface area (Å²) in [6, 6.07) is 16.7. The topological polar surface area (TPSA) is 81.6 Å². The number of benzene rings is 3. The number of carbonyl (C=O) groups is 1. The summed E-state index contributed by atoms with van der Waals surface area (Å²) >= 11 is 4.51. The fourth-order valence-electron chi connectivity index (χ4n) is 3.72. The molecule has 1 amide bonds. The minimum absolute atomic E-state index is 0.0524. The van der Waals surface area contributed by atoms with Crippen LogP contribution in [0.5, 0.6) is 11.5 Å². The van der Waals surface area contributed by atoms with Gasteiger partial charge < -0.3 is 20.8 Å². The average molecular weight is 626 g/mol. The zero-order valence-corrected chi connectivity index (χ0v) is 20.3. The summed E-state index contributed by atoms with van der Waals surface area (Å²) in [5.41, 5.74) is 4.65. The molecule has 1 atom stereocenters. The lowest BCUT2D eigenvalue weighted by Gasteiger charge is -2.28. The first-order chi connectivity index (χ1) is 14.4. The monoisotopic (exact) mass is 626 g/mol. The number of hydrogen-bond donors (Lipinski definition) is 4. The predicted molar refractivity (Wildman–Crippen MR) is 134 cm³/mol. The van der Waals surface area contributed by atoms with Gasteiger partial charge in [-0.3, -0.25) is 4.79 Å². The normalized spacial score (nSPS) is 15.5. The van der Waals surface area contributed by atoms with Gasteiger partial charge in [-0.15, -0.1) is 0 Å². The number of anilines is 1. The van der Waals surface area contributed by atoms with Crippen molar-refractivity contribution in [1.82, 2.24) is 5.32 Å². The molecule has 0 radical (unpaired) electrons. The van der Waals surface area contributed by atoms with Crippen LogP contribution in [0.25, 0.3) is 0 Å². The van der Waals surface area contributed by atoms with Crippen LogP contribution in [0.4, 0.5) is 5.69 Å². The number of carbonyl (C=O) groups excluding carboxylic acids is 1. The highest BCUT2D eigenvalue weighted by molar-refractivity contribution is 14.1. The smallest absolute Gasteiger partial charge is 0.255 e. The number of nitrogens with one attached hydrogen (secondary N) is 2. The number of halogens is 2. The van der Waals surface area contributed by atoms with Crippen molar-refractivity contribution in [3.63, 3.8) is 0 Å². The lowest BCUT2D eigenvalue weighted by atomic mass is 9.90. The van der Waals surface area contributed by atoms with E-state index in [9.17, 15) is 15.0 Å². The van der Waals surface area contributed by atoms with Crippen LogP contribution < -0.4 is 10.6 Å². The molecule has 1 aliphatic rings. The van der Waals surface area contributed by atoms with Gasteiger partial charge >= 0.3 is 0 Å². The fourth-order valence-corrected chi connectivity index (χ4v) is 5.89. The Bertz CT molecular complexity index is 1080. The molecule has 1 aliphatic heterocycles. The Balaban J connectivity index is 1.56. The predicted octanol–water partition coefficient (Wildman–Crippen LogP) is 4.99. The van der Waals surface area contributed by atoms with E-state index in [0.717, 1.165) is 48.9 Å². The summed E-state index contributed by atoms with van der Waals surface area (Å²) in [6.07, 6.45) is 1.56. The highest BCUT2D eigenvalue weighted by Gasteiger charge is 2.23. The standard InChI is InChI=1S/C23H20I2N2O3/c24-17-8-13(9-18(25)22(17)27-23(30)14-4-2-1-3-5-14)10-19-16-12-21(29)20(28)11-15(16)6-7-26-19/h1-5,8-9,11-12,19,26,28-29H,6-7,10H2,(H,27,30). The SMILES string of the molecule is O=C(Nc1c(I)cc(CC2NCCc3cc(O)c(O)cc32)cc1I)c1ccccc1. The molecule has 0 saturated heterocycles. The Morgan fingerprint density at radius 2 is 1.70 bits per heavy atom. The van der Waals surface area contributed by atoms with Crippen molar-refractivity contribution in [1.29, 1.82) is 0 Å². The molecular weight excluding hydrogens is 606 g/mol. The summed E-state index contributed by atoms with van der Waals surface area (Å²) in [5, 5.41) is 26.3. The van der Waals surface area contributed by atoms with Gasteiger partial charge in [-0.2, -0.15) is 0 Å². The molecule has 5 nitrogen and oxygen atoms in total. The minimum Gasteiger partial charge on any atom is -0.504 e. The van der Waals surface area contributed by atoms with Gasteiger partial charge in [0.15, 0.2) is 11.5 Å². The highest BCUT2D eigenvalue weighted by Crippen LogP contribution is 2.36. The molecule has 30 heavy (non-hydrogen) atoms. The number of hydrogen-bond acceptors (Lipinski definition) is 4. The lowest BCUT2D eigenvalue weighted by molar-refractivity contribution is 0.102. The molecule has 0 bridgehead atoms. The Labute approximate surface area is 202 Å².